The summed E-state index contributed by atoms with van der Waals surface area (Å²) in [6.07, 6.45) is 2.50. The van der Waals surface area contributed by atoms with E-state index in [4.69, 9.17) is 27.9 Å². The van der Waals surface area contributed by atoms with Crippen LogP contribution in [-0.2, 0) is 6.54 Å². The summed E-state index contributed by atoms with van der Waals surface area (Å²) in [5.41, 5.74) is 0.890. The molecule has 0 radical (unpaired) electrons. The van der Waals surface area contributed by atoms with Gasteiger partial charge >= 0.3 is 0 Å². The van der Waals surface area contributed by atoms with Gasteiger partial charge in [-0.2, -0.15) is 5.10 Å². The molecule has 1 N–H and O–H groups in total. The summed E-state index contributed by atoms with van der Waals surface area (Å²) >= 11 is 12.0. The predicted molar refractivity (Wildman–Crippen MR) is 78.4 cm³/mol. The van der Waals surface area contributed by atoms with Crippen LogP contribution in [0.25, 0.3) is 0 Å². The van der Waals surface area contributed by atoms with Crippen molar-refractivity contribution in [1.29, 1.82) is 0 Å². The Kier molecular flexibility index (Phi) is 4.05. The van der Waals surface area contributed by atoms with Gasteiger partial charge in [0.2, 0.25) is 5.88 Å². The highest BCUT2D eigenvalue weighted by Crippen LogP contribution is 2.33. The molecule has 1 aromatic carbocycles. The summed E-state index contributed by atoms with van der Waals surface area (Å²) in [7, 11) is 0. The van der Waals surface area contributed by atoms with Crippen LogP contribution in [0.15, 0.2) is 30.3 Å². The molecule has 1 saturated carbocycles. The molecule has 3 rings (SSSR count). The highest BCUT2D eigenvalue weighted by Gasteiger charge is 2.20. The molecule has 0 atom stereocenters. The third-order valence-corrected chi connectivity index (χ3v) is 3.78. The molecule has 1 aromatic heterocycles. The predicted octanol–water partition coefficient (Wildman–Crippen LogP) is 3.83. The Bertz CT molecular complexity index is 600. The fraction of sp³-hybridized carbons (Fsp3) is 0.286. The standard InChI is InChI=1S/C14H13Cl2N3O/c15-11-2-1-3-12(14(11)16)20-13-7-6-10(18-19-13)8-17-9-4-5-9/h1-3,6-7,9,17H,4-5,8H2. The first-order valence-corrected chi connectivity index (χ1v) is 7.16. The van der Waals surface area contributed by atoms with E-state index in [1.165, 1.54) is 12.8 Å². The van der Waals surface area contributed by atoms with Crippen molar-refractivity contribution in [2.45, 2.75) is 25.4 Å². The van der Waals surface area contributed by atoms with Gasteiger partial charge in [-0.15, -0.1) is 5.10 Å². The zero-order chi connectivity index (χ0) is 13.9. The Morgan fingerprint density at radius 2 is 2.00 bits per heavy atom. The highest BCUT2D eigenvalue weighted by molar-refractivity contribution is 6.42. The van der Waals surface area contributed by atoms with Crippen molar-refractivity contribution in [3.05, 3.63) is 46.1 Å². The lowest BCUT2D eigenvalue weighted by Gasteiger charge is -2.07. The van der Waals surface area contributed by atoms with E-state index < -0.39 is 0 Å². The monoisotopic (exact) mass is 309 g/mol. The first-order chi connectivity index (χ1) is 9.72. The summed E-state index contributed by atoms with van der Waals surface area (Å²) in [5, 5.41) is 12.3. The number of nitrogens with one attached hydrogen (secondary N) is 1. The molecule has 1 aliphatic carbocycles. The van der Waals surface area contributed by atoms with Crippen molar-refractivity contribution in [3.8, 4) is 11.6 Å². The van der Waals surface area contributed by atoms with Crippen LogP contribution in [0.4, 0.5) is 0 Å². The Morgan fingerprint density at radius 1 is 1.15 bits per heavy atom. The normalized spacial score (nSPS) is 14.3. The summed E-state index contributed by atoms with van der Waals surface area (Å²) in [4.78, 5) is 0. The highest BCUT2D eigenvalue weighted by atomic mass is 35.5. The molecule has 20 heavy (non-hydrogen) atoms. The number of ether oxygens (including phenoxy) is 1. The van der Waals surface area contributed by atoms with Crippen LogP contribution in [0.2, 0.25) is 10.0 Å². The number of halogens is 2. The molecular weight excluding hydrogens is 297 g/mol. The molecule has 104 valence electrons. The van der Waals surface area contributed by atoms with E-state index in [0.717, 1.165) is 12.2 Å². The van der Waals surface area contributed by atoms with Gasteiger partial charge < -0.3 is 10.1 Å². The second-order valence-electron chi connectivity index (χ2n) is 4.67. The van der Waals surface area contributed by atoms with Crippen LogP contribution in [0, 0.1) is 0 Å². The number of hydrogen-bond donors (Lipinski definition) is 1. The molecule has 0 aliphatic heterocycles. The quantitative estimate of drug-likeness (QED) is 0.912. The minimum absolute atomic E-state index is 0.371. The first-order valence-electron chi connectivity index (χ1n) is 6.40. The van der Waals surface area contributed by atoms with Crippen molar-refractivity contribution >= 4 is 23.2 Å². The fourth-order valence-electron chi connectivity index (χ4n) is 1.71. The SMILES string of the molecule is Clc1cccc(Oc2ccc(CNC3CC3)nn2)c1Cl. The Balaban J connectivity index is 1.66. The summed E-state index contributed by atoms with van der Waals surface area (Å²) in [6, 6.07) is 9.51. The van der Waals surface area contributed by atoms with E-state index in [1.807, 2.05) is 6.07 Å². The van der Waals surface area contributed by atoms with E-state index in [2.05, 4.69) is 15.5 Å². The maximum atomic E-state index is 6.05. The van der Waals surface area contributed by atoms with E-state index in [0.29, 0.717) is 27.7 Å². The van der Waals surface area contributed by atoms with E-state index in [9.17, 15) is 0 Å². The summed E-state index contributed by atoms with van der Waals surface area (Å²) in [5.74, 6) is 0.863. The molecular formula is C14H13Cl2N3O. The van der Waals surface area contributed by atoms with Gasteiger partial charge in [-0.3, -0.25) is 0 Å². The van der Waals surface area contributed by atoms with Crippen LogP contribution in [0.5, 0.6) is 11.6 Å². The Hall–Kier alpha value is -1.36. The van der Waals surface area contributed by atoms with Crippen LogP contribution in [-0.4, -0.2) is 16.2 Å². The molecule has 0 saturated heterocycles. The van der Waals surface area contributed by atoms with Crippen LogP contribution < -0.4 is 10.1 Å². The van der Waals surface area contributed by atoms with Gasteiger partial charge in [0, 0.05) is 18.7 Å². The van der Waals surface area contributed by atoms with Gasteiger partial charge in [0.05, 0.1) is 10.7 Å². The molecule has 0 spiro atoms. The average molecular weight is 310 g/mol. The largest absolute Gasteiger partial charge is 0.436 e. The van der Waals surface area contributed by atoms with E-state index in [1.54, 1.807) is 24.3 Å². The van der Waals surface area contributed by atoms with Crippen molar-refractivity contribution in [1.82, 2.24) is 15.5 Å². The third kappa shape index (κ3) is 3.39. The molecule has 0 bridgehead atoms. The van der Waals surface area contributed by atoms with Crippen LogP contribution in [0.3, 0.4) is 0 Å². The van der Waals surface area contributed by atoms with Crippen LogP contribution >= 0.6 is 23.2 Å². The lowest BCUT2D eigenvalue weighted by atomic mass is 10.3. The van der Waals surface area contributed by atoms with Gasteiger partial charge in [0.25, 0.3) is 0 Å². The lowest BCUT2D eigenvalue weighted by Crippen LogP contribution is -2.16. The van der Waals surface area contributed by atoms with Crippen molar-refractivity contribution in [2.75, 3.05) is 0 Å². The van der Waals surface area contributed by atoms with Gasteiger partial charge in [-0.05, 0) is 31.0 Å². The molecule has 4 nitrogen and oxygen atoms in total. The van der Waals surface area contributed by atoms with Gasteiger partial charge in [-0.25, -0.2) is 0 Å². The van der Waals surface area contributed by atoms with E-state index in [-0.39, 0.29) is 0 Å². The molecule has 1 fully saturated rings. The van der Waals surface area contributed by atoms with Gasteiger partial charge in [0.15, 0.2) is 0 Å². The molecule has 0 amide bonds. The molecule has 0 unspecified atom stereocenters. The van der Waals surface area contributed by atoms with Crippen molar-refractivity contribution in [2.24, 2.45) is 0 Å². The maximum absolute atomic E-state index is 6.05. The Labute approximate surface area is 127 Å². The minimum atomic E-state index is 0.371. The fourth-order valence-corrected chi connectivity index (χ4v) is 2.04. The van der Waals surface area contributed by atoms with Gasteiger partial charge in [0.1, 0.15) is 10.8 Å². The Morgan fingerprint density at radius 3 is 2.70 bits per heavy atom. The van der Waals surface area contributed by atoms with Crippen LogP contribution in [0.1, 0.15) is 18.5 Å². The number of benzene rings is 1. The minimum Gasteiger partial charge on any atom is -0.436 e. The summed E-state index contributed by atoms with van der Waals surface area (Å²) < 4.78 is 5.57. The number of aromatic nitrogens is 2. The van der Waals surface area contributed by atoms with Crippen molar-refractivity contribution in [3.63, 3.8) is 0 Å². The topological polar surface area (TPSA) is 47.0 Å². The van der Waals surface area contributed by atoms with Gasteiger partial charge in [-0.1, -0.05) is 29.3 Å². The summed E-state index contributed by atoms with van der Waals surface area (Å²) in [6.45, 7) is 0.732. The molecule has 1 heterocycles. The van der Waals surface area contributed by atoms with E-state index >= 15 is 0 Å². The number of rotatable bonds is 5. The smallest absolute Gasteiger partial charge is 0.238 e. The number of nitrogens with zero attached hydrogens (tertiary/aromatic N) is 2. The molecule has 1 aliphatic rings. The van der Waals surface area contributed by atoms with Crippen molar-refractivity contribution < 1.29 is 4.74 Å². The second kappa shape index (κ2) is 5.95. The molecule has 6 heteroatoms. The zero-order valence-corrected chi connectivity index (χ0v) is 12.2. The lowest BCUT2D eigenvalue weighted by molar-refractivity contribution is 0.453. The average Bonchev–Trinajstić information content (AvgIpc) is 3.27. The third-order valence-electron chi connectivity index (χ3n) is 2.98. The second-order valence-corrected chi connectivity index (χ2v) is 5.46. The zero-order valence-electron chi connectivity index (χ0n) is 10.6. The number of hydrogen-bond acceptors (Lipinski definition) is 4. The maximum Gasteiger partial charge on any atom is 0.238 e. The first kappa shape index (κ1) is 13.6. The molecule has 2 aromatic rings.